The summed E-state index contributed by atoms with van der Waals surface area (Å²) >= 11 is 0. The molecule has 0 aliphatic carbocycles. The van der Waals surface area contributed by atoms with Gasteiger partial charge >= 0.3 is 0 Å². The minimum Gasteiger partial charge on any atom is -0.396 e. The molecule has 1 aliphatic heterocycles. The highest BCUT2D eigenvalue weighted by molar-refractivity contribution is 5.97. The molecule has 2 rings (SSSR count). The first-order chi connectivity index (χ1) is 9.72. The van der Waals surface area contributed by atoms with E-state index < -0.39 is 6.67 Å². The Morgan fingerprint density at radius 2 is 2.20 bits per heavy atom. The van der Waals surface area contributed by atoms with Gasteiger partial charge in [0.15, 0.2) is 0 Å². The second-order valence-electron chi connectivity index (χ2n) is 4.57. The smallest absolute Gasteiger partial charge is 0.271 e. The summed E-state index contributed by atoms with van der Waals surface area (Å²) in [5.41, 5.74) is 6.19. The van der Waals surface area contributed by atoms with E-state index in [-0.39, 0.29) is 23.8 Å². The van der Waals surface area contributed by atoms with Crippen LogP contribution in [0.3, 0.4) is 0 Å². The van der Waals surface area contributed by atoms with Gasteiger partial charge in [0, 0.05) is 26.2 Å². The molecular formula is C12H20FN5O2. The van der Waals surface area contributed by atoms with Crippen molar-refractivity contribution < 1.29 is 13.9 Å². The first-order valence-electron chi connectivity index (χ1n) is 6.68. The number of aromatic nitrogens is 2. The van der Waals surface area contributed by atoms with Crippen molar-refractivity contribution in [1.29, 1.82) is 0 Å². The molecular weight excluding hydrogens is 265 g/mol. The zero-order valence-corrected chi connectivity index (χ0v) is 11.3. The normalized spacial score (nSPS) is 16.2. The monoisotopic (exact) mass is 285 g/mol. The summed E-state index contributed by atoms with van der Waals surface area (Å²) in [7, 11) is 0. The number of carbonyl (C=O) groups excluding carboxylic acids is 1. The average Bonchev–Trinajstić information content (AvgIpc) is 2.81. The Hall–Kier alpha value is -1.67. The Balaban J connectivity index is 1.83. The minimum atomic E-state index is -0.588. The molecule has 0 spiro atoms. The number of anilines is 1. The molecule has 1 amide bonds. The van der Waals surface area contributed by atoms with E-state index in [1.54, 1.807) is 0 Å². The number of alkyl halides is 1. The number of halogens is 1. The number of hydrogen-bond donors (Lipinski definition) is 2. The third-order valence-corrected chi connectivity index (χ3v) is 3.20. The Morgan fingerprint density at radius 1 is 1.45 bits per heavy atom. The molecule has 1 fully saturated rings. The third kappa shape index (κ3) is 3.67. The summed E-state index contributed by atoms with van der Waals surface area (Å²) in [5, 5.41) is 6.68. The van der Waals surface area contributed by atoms with Crippen molar-refractivity contribution in [2.75, 3.05) is 51.8 Å². The van der Waals surface area contributed by atoms with Crippen LogP contribution in [0.25, 0.3) is 0 Å². The molecule has 2 heterocycles. The Bertz CT molecular complexity index is 445. The lowest BCUT2D eigenvalue weighted by Gasteiger charge is -2.26. The maximum Gasteiger partial charge on any atom is 0.271 e. The molecule has 0 aromatic carbocycles. The number of nitrogens with two attached hydrogens (primary N) is 1. The molecule has 0 radical (unpaired) electrons. The molecule has 0 saturated carbocycles. The van der Waals surface area contributed by atoms with E-state index in [1.807, 2.05) is 0 Å². The van der Waals surface area contributed by atoms with Gasteiger partial charge in [-0.2, -0.15) is 5.10 Å². The number of rotatable bonds is 6. The Morgan fingerprint density at radius 3 is 2.90 bits per heavy atom. The predicted molar refractivity (Wildman–Crippen MR) is 72.2 cm³/mol. The number of nitrogens with one attached hydrogen (secondary N) is 1. The summed E-state index contributed by atoms with van der Waals surface area (Å²) < 4.78 is 18.9. The fourth-order valence-corrected chi connectivity index (χ4v) is 2.13. The van der Waals surface area contributed by atoms with Crippen molar-refractivity contribution in [3.8, 4) is 0 Å². The standard InChI is InChI=1S/C12H20FN5O2/c13-1-3-18-11(10(14)9-16-18)12(19)15-2-4-17-5-7-20-8-6-17/h9H,1-8,14H2,(H,15,19). The first-order valence-corrected chi connectivity index (χ1v) is 6.68. The highest BCUT2D eigenvalue weighted by atomic mass is 19.1. The van der Waals surface area contributed by atoms with E-state index >= 15 is 0 Å². The van der Waals surface area contributed by atoms with Gasteiger partial charge < -0.3 is 15.8 Å². The number of carbonyl (C=O) groups is 1. The molecule has 1 aliphatic rings. The quantitative estimate of drug-likeness (QED) is 0.736. The molecule has 0 atom stereocenters. The van der Waals surface area contributed by atoms with E-state index in [0.717, 1.165) is 32.8 Å². The van der Waals surface area contributed by atoms with Gasteiger partial charge in [-0.1, -0.05) is 0 Å². The Labute approximate surface area is 116 Å². The van der Waals surface area contributed by atoms with Gasteiger partial charge in [-0.3, -0.25) is 14.4 Å². The molecule has 20 heavy (non-hydrogen) atoms. The second kappa shape index (κ2) is 7.20. The summed E-state index contributed by atoms with van der Waals surface area (Å²) in [6, 6.07) is 0. The lowest BCUT2D eigenvalue weighted by atomic mass is 10.3. The van der Waals surface area contributed by atoms with E-state index in [4.69, 9.17) is 10.5 Å². The summed E-state index contributed by atoms with van der Waals surface area (Å²) in [6.07, 6.45) is 1.37. The van der Waals surface area contributed by atoms with Gasteiger partial charge in [-0.25, -0.2) is 4.39 Å². The fraction of sp³-hybridized carbons (Fsp3) is 0.667. The lowest BCUT2D eigenvalue weighted by molar-refractivity contribution is 0.0383. The molecule has 112 valence electrons. The first kappa shape index (κ1) is 14.7. The minimum absolute atomic E-state index is 0.0312. The van der Waals surface area contributed by atoms with Crippen molar-refractivity contribution in [3.63, 3.8) is 0 Å². The molecule has 1 aromatic heterocycles. The van der Waals surface area contributed by atoms with Crippen molar-refractivity contribution in [2.45, 2.75) is 6.54 Å². The number of ether oxygens (including phenoxy) is 1. The molecule has 1 aromatic rings. The van der Waals surface area contributed by atoms with Crippen molar-refractivity contribution in [3.05, 3.63) is 11.9 Å². The number of nitrogens with zero attached hydrogens (tertiary/aromatic N) is 3. The van der Waals surface area contributed by atoms with E-state index in [2.05, 4.69) is 15.3 Å². The van der Waals surface area contributed by atoms with Crippen LogP contribution in [0.1, 0.15) is 10.5 Å². The molecule has 7 nitrogen and oxygen atoms in total. The fourth-order valence-electron chi connectivity index (χ4n) is 2.13. The average molecular weight is 285 g/mol. The number of aryl methyl sites for hydroxylation is 1. The molecule has 0 bridgehead atoms. The van der Waals surface area contributed by atoms with Crippen LogP contribution >= 0.6 is 0 Å². The van der Waals surface area contributed by atoms with Crippen LogP contribution in [-0.2, 0) is 11.3 Å². The van der Waals surface area contributed by atoms with Crippen LogP contribution in [-0.4, -0.2) is 66.7 Å². The van der Waals surface area contributed by atoms with Crippen LogP contribution in [0.2, 0.25) is 0 Å². The van der Waals surface area contributed by atoms with E-state index in [0.29, 0.717) is 6.54 Å². The SMILES string of the molecule is Nc1cnn(CCF)c1C(=O)NCCN1CCOCC1. The van der Waals surface area contributed by atoms with Crippen LogP contribution in [0, 0.1) is 0 Å². The molecule has 8 heteroatoms. The highest BCUT2D eigenvalue weighted by Gasteiger charge is 2.17. The van der Waals surface area contributed by atoms with Crippen LogP contribution in [0.5, 0.6) is 0 Å². The summed E-state index contributed by atoms with van der Waals surface area (Å²) in [4.78, 5) is 14.3. The topological polar surface area (TPSA) is 85.4 Å². The van der Waals surface area contributed by atoms with Gasteiger partial charge in [0.1, 0.15) is 12.4 Å². The number of morpholine rings is 1. The zero-order chi connectivity index (χ0) is 14.4. The van der Waals surface area contributed by atoms with Crippen molar-refractivity contribution in [2.24, 2.45) is 0 Å². The van der Waals surface area contributed by atoms with Gasteiger partial charge in [-0.15, -0.1) is 0 Å². The molecule has 1 saturated heterocycles. The van der Waals surface area contributed by atoms with E-state index in [1.165, 1.54) is 10.9 Å². The highest BCUT2D eigenvalue weighted by Crippen LogP contribution is 2.10. The van der Waals surface area contributed by atoms with E-state index in [9.17, 15) is 9.18 Å². The predicted octanol–water partition coefficient (Wildman–Crippen LogP) is -0.503. The van der Waals surface area contributed by atoms with Crippen LogP contribution in [0.15, 0.2) is 6.20 Å². The lowest BCUT2D eigenvalue weighted by Crippen LogP contribution is -2.41. The number of nitrogen functional groups attached to an aromatic ring is 1. The van der Waals surface area contributed by atoms with Gasteiger partial charge in [0.2, 0.25) is 0 Å². The number of amides is 1. The zero-order valence-electron chi connectivity index (χ0n) is 11.3. The van der Waals surface area contributed by atoms with Gasteiger partial charge in [0.05, 0.1) is 31.6 Å². The largest absolute Gasteiger partial charge is 0.396 e. The maximum atomic E-state index is 12.4. The molecule has 3 N–H and O–H groups in total. The molecule has 0 unspecified atom stereocenters. The maximum absolute atomic E-state index is 12.4. The number of hydrogen-bond acceptors (Lipinski definition) is 5. The van der Waals surface area contributed by atoms with Crippen molar-refractivity contribution in [1.82, 2.24) is 20.0 Å². The third-order valence-electron chi connectivity index (χ3n) is 3.20. The summed E-state index contributed by atoms with van der Waals surface area (Å²) in [5.74, 6) is -0.318. The van der Waals surface area contributed by atoms with Gasteiger partial charge in [-0.05, 0) is 0 Å². The van der Waals surface area contributed by atoms with Crippen LogP contribution < -0.4 is 11.1 Å². The van der Waals surface area contributed by atoms with Crippen LogP contribution in [0.4, 0.5) is 10.1 Å². The second-order valence-corrected chi connectivity index (χ2v) is 4.57. The van der Waals surface area contributed by atoms with Gasteiger partial charge in [0.25, 0.3) is 5.91 Å². The Kier molecular flexibility index (Phi) is 5.31. The van der Waals surface area contributed by atoms with Crippen molar-refractivity contribution >= 4 is 11.6 Å². The summed E-state index contributed by atoms with van der Waals surface area (Å²) in [6.45, 7) is 3.91.